The van der Waals surface area contributed by atoms with E-state index in [1.807, 2.05) is 0 Å². The van der Waals surface area contributed by atoms with Crippen LogP contribution in [0.5, 0.6) is 0 Å². The molecule has 0 atom stereocenters. The van der Waals surface area contributed by atoms with Crippen molar-refractivity contribution in [2.24, 2.45) is 0 Å². The third-order valence-corrected chi connectivity index (χ3v) is 2.18. The van der Waals surface area contributed by atoms with Crippen LogP contribution < -0.4 is 0 Å². The Labute approximate surface area is 101 Å². The van der Waals surface area contributed by atoms with Crippen molar-refractivity contribution in [3.63, 3.8) is 0 Å². The quantitative estimate of drug-likeness (QED) is 0.710. The monoisotopic (exact) mass is 245 g/mol. The number of carboxylic acid groups (broad SMARTS) is 1. The maximum Gasteiger partial charge on any atom is 0.323 e. The van der Waals surface area contributed by atoms with Gasteiger partial charge in [0.1, 0.15) is 13.1 Å². The van der Waals surface area contributed by atoms with Gasteiger partial charge < -0.3 is 19.8 Å². The third-order valence-electron chi connectivity index (χ3n) is 2.18. The molecular formula is C10H19N3O4. The number of likely N-dealkylation sites (N-methyl/N-ethyl adjacent to an activating group) is 3. The number of carbonyl (C=O) groups is 3. The molecule has 0 radical (unpaired) electrons. The molecule has 0 bridgehead atoms. The zero-order valence-corrected chi connectivity index (χ0v) is 10.6. The van der Waals surface area contributed by atoms with Crippen molar-refractivity contribution in [2.45, 2.75) is 6.92 Å². The van der Waals surface area contributed by atoms with E-state index in [1.54, 1.807) is 21.0 Å². The Hall–Kier alpha value is -1.79. The first-order valence-corrected chi connectivity index (χ1v) is 5.21. The fourth-order valence-electron chi connectivity index (χ4n) is 1.13. The highest BCUT2D eigenvalue weighted by molar-refractivity contribution is 5.85. The first-order chi connectivity index (χ1) is 7.79. The van der Waals surface area contributed by atoms with Gasteiger partial charge in [-0.25, -0.2) is 4.79 Å². The molecule has 0 rings (SSSR count). The fraction of sp³-hybridized carbons (Fsp3) is 0.700. The molecule has 0 aromatic rings. The fourth-order valence-corrected chi connectivity index (χ4v) is 1.13. The van der Waals surface area contributed by atoms with Gasteiger partial charge in [-0.3, -0.25) is 9.59 Å². The predicted molar refractivity (Wildman–Crippen MR) is 61.6 cm³/mol. The summed E-state index contributed by atoms with van der Waals surface area (Å²) in [5.74, 6) is -1.29. The van der Waals surface area contributed by atoms with Gasteiger partial charge in [-0.2, -0.15) is 0 Å². The molecule has 0 heterocycles. The van der Waals surface area contributed by atoms with Crippen molar-refractivity contribution >= 4 is 17.9 Å². The highest BCUT2D eigenvalue weighted by atomic mass is 16.4. The summed E-state index contributed by atoms with van der Waals surface area (Å²) in [6.07, 6.45) is 0. The van der Waals surface area contributed by atoms with Gasteiger partial charge in [-0.1, -0.05) is 0 Å². The molecule has 0 aliphatic rings. The molecule has 0 aromatic carbocycles. The maximum atomic E-state index is 11.8. The van der Waals surface area contributed by atoms with Gasteiger partial charge in [0.05, 0.1) is 0 Å². The molecule has 7 nitrogen and oxygen atoms in total. The second kappa shape index (κ2) is 6.72. The summed E-state index contributed by atoms with van der Waals surface area (Å²) in [5.41, 5.74) is 0. The lowest BCUT2D eigenvalue weighted by atomic mass is 10.4. The predicted octanol–water partition coefficient (Wildman–Crippen LogP) is -0.467. The number of carbonyl (C=O) groups excluding carboxylic acids is 2. The molecule has 0 fully saturated rings. The van der Waals surface area contributed by atoms with E-state index in [0.29, 0.717) is 0 Å². The largest absolute Gasteiger partial charge is 0.480 e. The van der Waals surface area contributed by atoms with Crippen molar-refractivity contribution in [2.75, 3.05) is 40.8 Å². The van der Waals surface area contributed by atoms with Crippen LogP contribution in [0.2, 0.25) is 0 Å². The lowest BCUT2D eigenvalue weighted by Crippen LogP contribution is -2.46. The van der Waals surface area contributed by atoms with Crippen LogP contribution >= 0.6 is 0 Å². The van der Waals surface area contributed by atoms with E-state index in [0.717, 1.165) is 4.90 Å². The Kier molecular flexibility index (Phi) is 6.01. The standard InChI is InChI=1S/C10H19N3O4/c1-5-13(7-9(15)16)10(17)12(4)6-8(14)11(2)3/h5-7H2,1-4H3,(H,15,16). The molecule has 0 aliphatic carbocycles. The van der Waals surface area contributed by atoms with Gasteiger partial charge in [-0.05, 0) is 6.92 Å². The lowest BCUT2D eigenvalue weighted by Gasteiger charge is -2.26. The Bertz CT molecular complexity index is 304. The van der Waals surface area contributed by atoms with Crippen LogP contribution in [0.4, 0.5) is 4.79 Å². The third kappa shape index (κ3) is 5.19. The van der Waals surface area contributed by atoms with E-state index in [9.17, 15) is 14.4 Å². The summed E-state index contributed by atoms with van der Waals surface area (Å²) in [5, 5.41) is 8.63. The van der Waals surface area contributed by atoms with Gasteiger partial charge in [0.2, 0.25) is 5.91 Å². The van der Waals surface area contributed by atoms with Crippen molar-refractivity contribution in [1.82, 2.24) is 14.7 Å². The van der Waals surface area contributed by atoms with Crippen molar-refractivity contribution in [1.29, 1.82) is 0 Å². The molecule has 17 heavy (non-hydrogen) atoms. The van der Waals surface area contributed by atoms with E-state index in [1.165, 1.54) is 16.8 Å². The Morgan fingerprint density at radius 1 is 1.06 bits per heavy atom. The number of carboxylic acids is 1. The number of rotatable bonds is 5. The molecule has 0 saturated carbocycles. The summed E-state index contributed by atoms with van der Waals surface area (Å²) >= 11 is 0. The number of hydrogen-bond donors (Lipinski definition) is 1. The Morgan fingerprint density at radius 3 is 1.94 bits per heavy atom. The highest BCUT2D eigenvalue weighted by Crippen LogP contribution is 1.97. The number of amides is 3. The first kappa shape index (κ1) is 15.2. The zero-order valence-electron chi connectivity index (χ0n) is 10.6. The Balaban J connectivity index is 4.45. The number of urea groups is 1. The summed E-state index contributed by atoms with van der Waals surface area (Å²) < 4.78 is 0. The Morgan fingerprint density at radius 2 is 1.59 bits per heavy atom. The van der Waals surface area contributed by atoms with Crippen LogP contribution in [0, 0.1) is 0 Å². The van der Waals surface area contributed by atoms with Gasteiger partial charge in [0.15, 0.2) is 0 Å². The molecular weight excluding hydrogens is 226 g/mol. The van der Waals surface area contributed by atoms with Crippen LogP contribution in [0.3, 0.4) is 0 Å². The molecule has 0 aliphatic heterocycles. The van der Waals surface area contributed by atoms with Crippen LogP contribution in [-0.4, -0.2) is 78.5 Å². The topological polar surface area (TPSA) is 81.2 Å². The molecule has 0 saturated heterocycles. The summed E-state index contributed by atoms with van der Waals surface area (Å²) in [6, 6.07) is -0.467. The summed E-state index contributed by atoms with van der Waals surface area (Å²) in [4.78, 5) is 37.4. The zero-order chi connectivity index (χ0) is 13.6. The molecule has 0 unspecified atom stereocenters. The van der Waals surface area contributed by atoms with E-state index >= 15 is 0 Å². The molecule has 98 valence electrons. The minimum absolute atomic E-state index is 0.0675. The van der Waals surface area contributed by atoms with Gasteiger partial charge in [0.25, 0.3) is 0 Å². The van der Waals surface area contributed by atoms with Gasteiger partial charge >= 0.3 is 12.0 Å². The van der Waals surface area contributed by atoms with Crippen LogP contribution in [0.15, 0.2) is 0 Å². The molecule has 7 heteroatoms. The lowest BCUT2D eigenvalue weighted by molar-refractivity contribution is -0.137. The normalized spacial score (nSPS) is 9.65. The minimum Gasteiger partial charge on any atom is -0.480 e. The highest BCUT2D eigenvalue weighted by Gasteiger charge is 2.20. The van der Waals surface area contributed by atoms with Crippen molar-refractivity contribution in [3.8, 4) is 0 Å². The number of aliphatic carboxylic acids is 1. The van der Waals surface area contributed by atoms with E-state index in [2.05, 4.69) is 0 Å². The van der Waals surface area contributed by atoms with Crippen molar-refractivity contribution in [3.05, 3.63) is 0 Å². The summed E-state index contributed by atoms with van der Waals surface area (Å²) in [6.45, 7) is 1.53. The average molecular weight is 245 g/mol. The van der Waals surface area contributed by atoms with Crippen LogP contribution in [0.25, 0.3) is 0 Å². The van der Waals surface area contributed by atoms with Crippen molar-refractivity contribution < 1.29 is 19.5 Å². The number of hydrogen-bond acceptors (Lipinski definition) is 3. The molecule has 3 amide bonds. The molecule has 0 aromatic heterocycles. The van der Waals surface area contributed by atoms with Gasteiger partial charge in [0, 0.05) is 27.7 Å². The van der Waals surface area contributed by atoms with E-state index in [-0.39, 0.29) is 25.5 Å². The van der Waals surface area contributed by atoms with E-state index in [4.69, 9.17) is 5.11 Å². The first-order valence-electron chi connectivity index (χ1n) is 5.21. The van der Waals surface area contributed by atoms with E-state index < -0.39 is 12.0 Å². The molecule has 0 spiro atoms. The number of nitrogens with zero attached hydrogens (tertiary/aromatic N) is 3. The summed E-state index contributed by atoms with van der Waals surface area (Å²) in [7, 11) is 4.65. The SMILES string of the molecule is CCN(CC(=O)O)C(=O)N(C)CC(=O)N(C)C. The second-order valence-corrected chi connectivity index (χ2v) is 3.83. The molecule has 1 N–H and O–H groups in total. The second-order valence-electron chi connectivity index (χ2n) is 3.83. The smallest absolute Gasteiger partial charge is 0.323 e. The van der Waals surface area contributed by atoms with Gasteiger partial charge in [-0.15, -0.1) is 0 Å². The average Bonchev–Trinajstić information content (AvgIpc) is 2.24. The van der Waals surface area contributed by atoms with Crippen LogP contribution in [-0.2, 0) is 9.59 Å². The minimum atomic E-state index is -1.08. The maximum absolute atomic E-state index is 11.8. The van der Waals surface area contributed by atoms with Crippen LogP contribution in [0.1, 0.15) is 6.92 Å².